The van der Waals surface area contributed by atoms with Crippen molar-refractivity contribution in [2.24, 2.45) is 0 Å². The standard InChI is InChI=1S/C22H19ClF3N5O3/c23-18-12-16(22(24,25)26)13-27-20(18)30-10-8-29(9-11-30)19(32)14-34-21(33)15-2-4-17(5-3-15)31-7-1-6-28-31/h1-7,12-13H,8-11,14H2. The average molecular weight is 494 g/mol. The van der Waals surface area contributed by atoms with Crippen molar-refractivity contribution in [3.63, 3.8) is 0 Å². The Labute approximate surface area is 197 Å². The smallest absolute Gasteiger partial charge is 0.417 e. The lowest BCUT2D eigenvalue weighted by atomic mass is 10.2. The molecule has 2 aromatic heterocycles. The number of aromatic nitrogens is 3. The normalized spacial score (nSPS) is 14.2. The molecule has 3 heterocycles. The number of carbonyl (C=O) groups excluding carboxylic acids is 2. The Hall–Kier alpha value is -3.60. The van der Waals surface area contributed by atoms with Gasteiger partial charge in [-0.25, -0.2) is 14.5 Å². The van der Waals surface area contributed by atoms with Gasteiger partial charge in [-0.3, -0.25) is 4.79 Å². The van der Waals surface area contributed by atoms with E-state index in [0.717, 1.165) is 18.0 Å². The van der Waals surface area contributed by atoms with Gasteiger partial charge in [0.2, 0.25) is 0 Å². The third kappa shape index (κ3) is 5.30. The summed E-state index contributed by atoms with van der Waals surface area (Å²) in [6, 6.07) is 9.22. The molecule has 1 aliphatic rings. The number of nitrogens with zero attached hydrogens (tertiary/aromatic N) is 5. The van der Waals surface area contributed by atoms with E-state index >= 15 is 0 Å². The number of anilines is 1. The minimum absolute atomic E-state index is 0.109. The van der Waals surface area contributed by atoms with Gasteiger partial charge in [0.15, 0.2) is 6.61 Å². The SMILES string of the molecule is O=C(OCC(=O)N1CCN(c2ncc(C(F)(F)F)cc2Cl)CC1)c1ccc(-n2cccn2)cc1. The van der Waals surface area contributed by atoms with Crippen LogP contribution in [-0.2, 0) is 15.7 Å². The molecule has 1 aliphatic heterocycles. The third-order valence-electron chi connectivity index (χ3n) is 5.28. The van der Waals surface area contributed by atoms with E-state index in [4.69, 9.17) is 16.3 Å². The number of hydrogen-bond donors (Lipinski definition) is 0. The summed E-state index contributed by atoms with van der Waals surface area (Å²) >= 11 is 6.00. The minimum atomic E-state index is -4.53. The summed E-state index contributed by atoms with van der Waals surface area (Å²) in [7, 11) is 0. The maximum absolute atomic E-state index is 12.8. The first kappa shape index (κ1) is 23.6. The second kappa shape index (κ2) is 9.72. The fourth-order valence-corrected chi connectivity index (χ4v) is 3.75. The molecule has 0 unspecified atom stereocenters. The van der Waals surface area contributed by atoms with Gasteiger partial charge in [-0.15, -0.1) is 0 Å². The van der Waals surface area contributed by atoms with Crippen molar-refractivity contribution in [3.8, 4) is 5.69 Å². The number of esters is 1. The highest BCUT2D eigenvalue weighted by Crippen LogP contribution is 2.33. The molecular weight excluding hydrogens is 475 g/mol. The zero-order chi connectivity index (χ0) is 24.3. The highest BCUT2D eigenvalue weighted by atomic mass is 35.5. The zero-order valence-corrected chi connectivity index (χ0v) is 18.5. The number of pyridine rings is 1. The van der Waals surface area contributed by atoms with Gasteiger partial charge in [0.25, 0.3) is 5.91 Å². The van der Waals surface area contributed by atoms with Crippen molar-refractivity contribution < 1.29 is 27.5 Å². The van der Waals surface area contributed by atoms with Crippen molar-refractivity contribution >= 4 is 29.3 Å². The van der Waals surface area contributed by atoms with Crippen molar-refractivity contribution in [2.45, 2.75) is 6.18 Å². The van der Waals surface area contributed by atoms with Crippen LogP contribution in [0.4, 0.5) is 19.0 Å². The Morgan fingerprint density at radius 2 is 1.79 bits per heavy atom. The second-order valence-electron chi connectivity index (χ2n) is 7.47. The van der Waals surface area contributed by atoms with Crippen LogP contribution in [0.5, 0.6) is 0 Å². The molecule has 1 aromatic carbocycles. The third-order valence-corrected chi connectivity index (χ3v) is 5.56. The van der Waals surface area contributed by atoms with Crippen LogP contribution in [0.1, 0.15) is 15.9 Å². The quantitative estimate of drug-likeness (QED) is 0.507. The first-order valence-electron chi connectivity index (χ1n) is 10.2. The van der Waals surface area contributed by atoms with Crippen molar-refractivity contribution in [2.75, 3.05) is 37.7 Å². The first-order valence-corrected chi connectivity index (χ1v) is 10.6. The number of amides is 1. The lowest BCUT2D eigenvalue weighted by Gasteiger charge is -2.35. The average Bonchev–Trinajstić information content (AvgIpc) is 3.37. The van der Waals surface area contributed by atoms with Gasteiger partial charge in [0.05, 0.1) is 21.8 Å². The molecule has 0 N–H and O–H groups in total. The summed E-state index contributed by atoms with van der Waals surface area (Å²) < 4.78 is 45.2. The number of ether oxygens (including phenoxy) is 1. The Morgan fingerprint density at radius 3 is 2.38 bits per heavy atom. The van der Waals surface area contributed by atoms with Crippen LogP contribution in [0, 0.1) is 0 Å². The zero-order valence-electron chi connectivity index (χ0n) is 17.7. The number of benzene rings is 1. The molecule has 12 heteroatoms. The first-order chi connectivity index (χ1) is 16.2. The molecule has 4 rings (SSSR count). The Morgan fingerprint density at radius 1 is 1.09 bits per heavy atom. The Kier molecular flexibility index (Phi) is 6.73. The van der Waals surface area contributed by atoms with E-state index in [2.05, 4.69) is 10.1 Å². The van der Waals surface area contributed by atoms with Crippen LogP contribution in [-0.4, -0.2) is 64.3 Å². The van der Waals surface area contributed by atoms with E-state index in [-0.39, 0.29) is 29.8 Å². The number of hydrogen-bond acceptors (Lipinski definition) is 6. The molecule has 0 atom stereocenters. The van der Waals surface area contributed by atoms with Gasteiger partial charge >= 0.3 is 12.1 Å². The number of alkyl halides is 3. The molecule has 0 radical (unpaired) electrons. The minimum Gasteiger partial charge on any atom is -0.452 e. The van der Waals surface area contributed by atoms with E-state index in [1.54, 1.807) is 52.3 Å². The lowest BCUT2D eigenvalue weighted by molar-refractivity contribution is -0.138. The van der Waals surface area contributed by atoms with Gasteiger partial charge in [-0.05, 0) is 36.4 Å². The number of carbonyl (C=O) groups is 2. The Balaban J connectivity index is 1.27. The Bertz CT molecular complexity index is 1160. The summed E-state index contributed by atoms with van der Waals surface area (Å²) in [5.41, 5.74) is 0.155. The van der Waals surface area contributed by atoms with E-state index in [9.17, 15) is 22.8 Å². The molecule has 178 valence electrons. The molecular formula is C22H19ClF3N5O3. The largest absolute Gasteiger partial charge is 0.452 e. The van der Waals surface area contributed by atoms with Gasteiger partial charge in [0.1, 0.15) is 5.82 Å². The summed E-state index contributed by atoms with van der Waals surface area (Å²) in [6.45, 7) is 0.806. The molecule has 1 amide bonds. The van der Waals surface area contributed by atoms with Crippen LogP contribution < -0.4 is 4.90 Å². The summed E-state index contributed by atoms with van der Waals surface area (Å²) in [6.07, 6.45) is -0.380. The van der Waals surface area contributed by atoms with Crippen molar-refractivity contribution in [1.29, 1.82) is 0 Å². The molecule has 0 saturated carbocycles. The monoisotopic (exact) mass is 493 g/mol. The van der Waals surface area contributed by atoms with Gasteiger partial charge in [-0.2, -0.15) is 18.3 Å². The van der Waals surface area contributed by atoms with Gasteiger partial charge in [-0.1, -0.05) is 11.6 Å². The predicted molar refractivity (Wildman–Crippen MR) is 117 cm³/mol. The number of halogens is 4. The molecule has 0 spiro atoms. The van der Waals surface area contributed by atoms with E-state index in [0.29, 0.717) is 18.7 Å². The molecule has 1 fully saturated rings. The van der Waals surface area contributed by atoms with Gasteiger partial charge < -0.3 is 14.5 Å². The fourth-order valence-electron chi connectivity index (χ4n) is 3.46. The van der Waals surface area contributed by atoms with E-state index < -0.39 is 24.3 Å². The van der Waals surface area contributed by atoms with E-state index in [1.165, 1.54) is 4.90 Å². The van der Waals surface area contributed by atoms with Crippen LogP contribution in [0.15, 0.2) is 55.0 Å². The maximum atomic E-state index is 12.8. The second-order valence-corrected chi connectivity index (χ2v) is 7.88. The van der Waals surface area contributed by atoms with E-state index in [1.807, 2.05) is 0 Å². The molecule has 3 aromatic rings. The number of piperazine rings is 1. The fraction of sp³-hybridized carbons (Fsp3) is 0.273. The molecule has 0 bridgehead atoms. The molecule has 34 heavy (non-hydrogen) atoms. The van der Waals surface area contributed by atoms with Crippen LogP contribution in [0.25, 0.3) is 5.69 Å². The van der Waals surface area contributed by atoms with Crippen LogP contribution in [0.2, 0.25) is 5.02 Å². The summed E-state index contributed by atoms with van der Waals surface area (Å²) in [5.74, 6) is -0.765. The highest BCUT2D eigenvalue weighted by molar-refractivity contribution is 6.33. The highest BCUT2D eigenvalue weighted by Gasteiger charge is 2.32. The van der Waals surface area contributed by atoms with Crippen LogP contribution >= 0.6 is 11.6 Å². The summed E-state index contributed by atoms with van der Waals surface area (Å²) in [4.78, 5) is 31.8. The topological polar surface area (TPSA) is 80.6 Å². The van der Waals surface area contributed by atoms with Crippen molar-refractivity contribution in [1.82, 2.24) is 19.7 Å². The van der Waals surface area contributed by atoms with Crippen molar-refractivity contribution in [3.05, 3.63) is 71.1 Å². The maximum Gasteiger partial charge on any atom is 0.417 e. The predicted octanol–water partition coefficient (Wildman–Crippen LogP) is 3.45. The van der Waals surface area contributed by atoms with Crippen LogP contribution in [0.3, 0.4) is 0 Å². The molecule has 8 nitrogen and oxygen atoms in total. The molecule has 0 aliphatic carbocycles. The number of rotatable bonds is 5. The molecule has 1 saturated heterocycles. The summed E-state index contributed by atoms with van der Waals surface area (Å²) in [5, 5.41) is 4.00. The van der Waals surface area contributed by atoms with Gasteiger partial charge in [0, 0.05) is 44.8 Å². The lowest BCUT2D eigenvalue weighted by Crippen LogP contribution is -2.50.